The first-order valence-corrected chi connectivity index (χ1v) is 20.8. The third kappa shape index (κ3) is 5.19. The van der Waals surface area contributed by atoms with E-state index in [2.05, 4.69) is 198 Å². The molecule has 0 bridgehead atoms. The molecule has 1 aliphatic carbocycles. The van der Waals surface area contributed by atoms with Crippen LogP contribution in [0.4, 0.5) is 17.1 Å². The average molecular weight is 761 g/mol. The van der Waals surface area contributed by atoms with Crippen LogP contribution in [0.2, 0.25) is 0 Å². The van der Waals surface area contributed by atoms with Crippen LogP contribution in [-0.2, 0) is 0 Å². The van der Waals surface area contributed by atoms with Crippen LogP contribution < -0.4 is 4.90 Å². The molecule has 0 atom stereocenters. The van der Waals surface area contributed by atoms with Crippen LogP contribution >= 0.6 is 11.3 Å². The first-order chi connectivity index (χ1) is 28.8. The number of allylic oxidation sites excluding steroid dienone is 4. The molecule has 4 heteroatoms. The summed E-state index contributed by atoms with van der Waals surface area (Å²) in [6.07, 6.45) is 6.87. The summed E-state index contributed by atoms with van der Waals surface area (Å²) in [5.41, 5.74) is 13.5. The van der Waals surface area contributed by atoms with Gasteiger partial charge in [0.05, 0.1) is 11.0 Å². The van der Waals surface area contributed by atoms with Gasteiger partial charge in [0.15, 0.2) is 0 Å². The monoisotopic (exact) mass is 760 g/mol. The highest BCUT2D eigenvalue weighted by atomic mass is 32.1. The van der Waals surface area contributed by atoms with Crippen molar-refractivity contribution in [3.8, 4) is 11.1 Å². The first-order valence-electron chi connectivity index (χ1n) is 20.0. The normalized spacial score (nSPS) is 13.2. The Hall–Kier alpha value is -7.14. The number of furan rings is 1. The van der Waals surface area contributed by atoms with Gasteiger partial charge in [-0.15, -0.1) is 11.3 Å². The quantitative estimate of drug-likeness (QED) is 0.168. The van der Waals surface area contributed by atoms with Gasteiger partial charge >= 0.3 is 0 Å². The fourth-order valence-electron chi connectivity index (χ4n) is 9.22. The molecule has 0 fully saturated rings. The summed E-state index contributed by atoms with van der Waals surface area (Å²) in [6.45, 7) is 0. The Kier molecular flexibility index (Phi) is 7.54. The molecule has 0 N–H and O–H groups in total. The van der Waals surface area contributed by atoms with Crippen LogP contribution in [-0.4, -0.2) is 4.57 Å². The van der Waals surface area contributed by atoms with Crippen LogP contribution in [0.3, 0.4) is 0 Å². The number of rotatable bonds is 6. The number of fused-ring (bicyclic) bond motifs is 9. The number of hydrogen-bond donors (Lipinski definition) is 0. The molecule has 0 saturated carbocycles. The summed E-state index contributed by atoms with van der Waals surface area (Å²) in [5, 5.41) is 7.38. The smallest absolute Gasteiger partial charge is 0.137 e. The van der Waals surface area contributed by atoms with Gasteiger partial charge in [0, 0.05) is 76.1 Å². The van der Waals surface area contributed by atoms with Crippen molar-refractivity contribution in [3.63, 3.8) is 0 Å². The molecule has 0 radical (unpaired) electrons. The fraction of sp³-hybridized carbons (Fsp3) is 0.0370. The van der Waals surface area contributed by atoms with Gasteiger partial charge in [0.1, 0.15) is 11.2 Å². The Balaban J connectivity index is 1.07. The SMILES string of the molecule is C1=C(c2ccc(N(c3ccc4c(c3)oc3ccccc34)c3ccc4c(c3)sc3ccccc34)cc2-c2ccccc2)C(n2c3ccccc3c3ccccc32)=CCC1. The van der Waals surface area contributed by atoms with E-state index in [0.717, 1.165) is 51.8 Å². The van der Waals surface area contributed by atoms with E-state index < -0.39 is 0 Å². The summed E-state index contributed by atoms with van der Waals surface area (Å²) < 4.78 is 11.5. The Bertz CT molecular complexity index is 3300. The minimum absolute atomic E-state index is 0.875. The molecule has 12 rings (SSSR count). The Morgan fingerprint density at radius 1 is 0.431 bits per heavy atom. The van der Waals surface area contributed by atoms with Crippen molar-refractivity contribution >= 4 is 104 Å². The molecule has 8 aromatic carbocycles. The lowest BCUT2D eigenvalue weighted by atomic mass is 9.89. The van der Waals surface area contributed by atoms with E-state index in [0.29, 0.717) is 0 Å². The van der Waals surface area contributed by atoms with E-state index in [1.54, 1.807) is 0 Å². The zero-order chi connectivity index (χ0) is 38.2. The van der Waals surface area contributed by atoms with Crippen molar-refractivity contribution in [1.29, 1.82) is 0 Å². The number of benzene rings is 8. The third-order valence-electron chi connectivity index (χ3n) is 11.8. The minimum atomic E-state index is 0.875. The molecule has 0 amide bonds. The highest BCUT2D eigenvalue weighted by molar-refractivity contribution is 7.25. The molecule has 0 unspecified atom stereocenters. The van der Waals surface area contributed by atoms with Crippen LogP contribution in [0.1, 0.15) is 18.4 Å². The molecule has 274 valence electrons. The zero-order valence-corrected chi connectivity index (χ0v) is 32.4. The molecule has 0 saturated heterocycles. The Labute approximate surface area is 339 Å². The number of thiophene rings is 1. The number of nitrogens with zero attached hydrogens (tertiary/aromatic N) is 2. The van der Waals surface area contributed by atoms with Crippen LogP contribution in [0.25, 0.3) is 86.3 Å². The highest BCUT2D eigenvalue weighted by Crippen LogP contribution is 2.46. The number of aromatic nitrogens is 1. The van der Waals surface area contributed by atoms with Gasteiger partial charge in [-0.2, -0.15) is 0 Å². The van der Waals surface area contributed by atoms with E-state index in [4.69, 9.17) is 4.42 Å². The second kappa shape index (κ2) is 13.2. The van der Waals surface area contributed by atoms with Crippen LogP contribution in [0.15, 0.2) is 199 Å². The van der Waals surface area contributed by atoms with Gasteiger partial charge in [0.2, 0.25) is 0 Å². The molecule has 0 aliphatic heterocycles. The summed E-state index contributed by atoms with van der Waals surface area (Å²) >= 11 is 1.85. The summed E-state index contributed by atoms with van der Waals surface area (Å²) in [4.78, 5) is 2.39. The standard InChI is InChI=1S/C54H36N2OS/c1-2-14-35(15-3-1)47-32-36(26-29-39(47)40-16-4-9-21-48(40)56-49-22-10-5-17-41(49)42-18-6-11-23-50(42)56)55(37-27-30-44-43-19-7-12-24-51(43)57-52(44)33-37)38-28-31-46-45-20-8-13-25-53(45)58-54(46)34-38/h1-3,5-8,10-34H,4,9H2. The van der Waals surface area contributed by atoms with Gasteiger partial charge in [-0.3, -0.25) is 0 Å². The number of para-hydroxylation sites is 3. The topological polar surface area (TPSA) is 21.3 Å². The molecule has 0 spiro atoms. The Morgan fingerprint density at radius 2 is 1.02 bits per heavy atom. The van der Waals surface area contributed by atoms with Gasteiger partial charge in [-0.1, -0.05) is 127 Å². The molecule has 3 aromatic heterocycles. The first kappa shape index (κ1) is 33.0. The van der Waals surface area contributed by atoms with E-state index in [-0.39, 0.29) is 0 Å². The average Bonchev–Trinajstić information content (AvgIpc) is 3.96. The molecule has 1 aliphatic rings. The maximum atomic E-state index is 6.48. The zero-order valence-electron chi connectivity index (χ0n) is 31.6. The number of hydrogen-bond acceptors (Lipinski definition) is 3. The second-order valence-electron chi connectivity index (χ2n) is 15.1. The molecule has 3 heterocycles. The van der Waals surface area contributed by atoms with Crippen molar-refractivity contribution in [1.82, 2.24) is 4.57 Å². The minimum Gasteiger partial charge on any atom is -0.456 e. The van der Waals surface area contributed by atoms with E-state index in [1.807, 2.05) is 17.4 Å². The lowest BCUT2D eigenvalue weighted by Gasteiger charge is -2.28. The molecular formula is C54H36N2OS. The second-order valence-corrected chi connectivity index (χ2v) is 16.2. The van der Waals surface area contributed by atoms with Gasteiger partial charge in [-0.05, 0) is 90.2 Å². The summed E-state index contributed by atoms with van der Waals surface area (Å²) in [5.74, 6) is 0. The van der Waals surface area contributed by atoms with Crippen LogP contribution in [0, 0.1) is 0 Å². The predicted octanol–water partition coefficient (Wildman–Crippen LogP) is 15.9. The summed E-state index contributed by atoms with van der Waals surface area (Å²) in [7, 11) is 0. The van der Waals surface area contributed by atoms with E-state index in [1.165, 1.54) is 69.9 Å². The molecular weight excluding hydrogens is 725 g/mol. The van der Waals surface area contributed by atoms with Crippen LogP contribution in [0.5, 0.6) is 0 Å². The van der Waals surface area contributed by atoms with E-state index in [9.17, 15) is 0 Å². The van der Waals surface area contributed by atoms with Crippen molar-refractivity contribution in [2.24, 2.45) is 0 Å². The van der Waals surface area contributed by atoms with Gasteiger partial charge < -0.3 is 13.9 Å². The summed E-state index contributed by atoms with van der Waals surface area (Å²) in [6, 6.07) is 66.1. The van der Waals surface area contributed by atoms with E-state index >= 15 is 0 Å². The van der Waals surface area contributed by atoms with Crippen molar-refractivity contribution < 1.29 is 4.42 Å². The third-order valence-corrected chi connectivity index (χ3v) is 13.0. The number of anilines is 3. The molecule has 58 heavy (non-hydrogen) atoms. The van der Waals surface area contributed by atoms with Gasteiger partial charge in [-0.25, -0.2) is 0 Å². The lowest BCUT2D eigenvalue weighted by Crippen LogP contribution is -2.11. The Morgan fingerprint density at radius 3 is 1.83 bits per heavy atom. The lowest BCUT2D eigenvalue weighted by molar-refractivity contribution is 0.669. The van der Waals surface area contributed by atoms with Crippen molar-refractivity contribution in [3.05, 3.63) is 200 Å². The molecule has 11 aromatic rings. The predicted molar refractivity (Wildman–Crippen MR) is 248 cm³/mol. The van der Waals surface area contributed by atoms with Crippen molar-refractivity contribution in [2.45, 2.75) is 12.8 Å². The fourth-order valence-corrected chi connectivity index (χ4v) is 10.4. The molecule has 3 nitrogen and oxygen atoms in total. The largest absolute Gasteiger partial charge is 0.456 e. The highest BCUT2D eigenvalue weighted by Gasteiger charge is 2.24. The van der Waals surface area contributed by atoms with Gasteiger partial charge in [0.25, 0.3) is 0 Å². The maximum Gasteiger partial charge on any atom is 0.137 e. The maximum absolute atomic E-state index is 6.48. The van der Waals surface area contributed by atoms with Crippen molar-refractivity contribution in [2.75, 3.05) is 4.90 Å².